The van der Waals surface area contributed by atoms with Crippen LogP contribution in [-0.2, 0) is 0 Å². The maximum atomic E-state index is 4.50. The highest BCUT2D eigenvalue weighted by Gasteiger charge is 2.53. The summed E-state index contributed by atoms with van der Waals surface area (Å²) in [5.41, 5.74) is 2.33. The van der Waals surface area contributed by atoms with Crippen LogP contribution in [0.4, 0.5) is 5.95 Å². The number of fused-ring (bicyclic) bond motifs is 1. The molecule has 2 aliphatic carbocycles. The Morgan fingerprint density at radius 2 is 1.89 bits per heavy atom. The first kappa shape index (κ1) is 10.2. The van der Waals surface area contributed by atoms with Gasteiger partial charge in [0.15, 0.2) is 0 Å². The van der Waals surface area contributed by atoms with Crippen molar-refractivity contribution in [2.45, 2.75) is 25.7 Å². The van der Waals surface area contributed by atoms with Crippen molar-refractivity contribution in [1.29, 1.82) is 0 Å². The minimum absolute atomic E-state index is 0.564. The van der Waals surface area contributed by atoms with E-state index in [1.54, 1.807) is 0 Å². The monoisotopic (exact) mass is 240 g/mol. The summed E-state index contributed by atoms with van der Waals surface area (Å²) in [6.07, 6.45) is 5.56. The fourth-order valence-corrected chi connectivity index (χ4v) is 2.80. The Morgan fingerprint density at radius 1 is 1.11 bits per heavy atom. The van der Waals surface area contributed by atoms with Gasteiger partial charge in [0.2, 0.25) is 5.95 Å². The molecule has 0 bridgehead atoms. The van der Waals surface area contributed by atoms with Gasteiger partial charge in [-0.1, -0.05) is 12.1 Å². The van der Waals surface area contributed by atoms with Crippen LogP contribution in [0.1, 0.15) is 25.7 Å². The average molecular weight is 240 g/mol. The molecular formula is C14H16N4. The SMILES string of the molecule is c1ccc2nc(NCC3(C4CC4)CC3)nnc2c1. The summed E-state index contributed by atoms with van der Waals surface area (Å²) in [6.45, 7) is 1.01. The van der Waals surface area contributed by atoms with Gasteiger partial charge in [0.25, 0.3) is 0 Å². The van der Waals surface area contributed by atoms with Gasteiger partial charge in [-0.3, -0.25) is 0 Å². The molecule has 1 aromatic carbocycles. The largest absolute Gasteiger partial charge is 0.352 e. The van der Waals surface area contributed by atoms with Crippen LogP contribution in [-0.4, -0.2) is 21.7 Å². The minimum atomic E-state index is 0.564. The second-order valence-electron chi connectivity index (χ2n) is 5.61. The van der Waals surface area contributed by atoms with Crippen molar-refractivity contribution >= 4 is 17.0 Å². The Morgan fingerprint density at radius 3 is 2.61 bits per heavy atom. The molecule has 0 amide bonds. The standard InChI is InChI=1S/C14H16N4/c1-2-4-12-11(3-1)16-13(18-17-12)15-9-14(7-8-14)10-5-6-10/h1-4,10H,5-9H2,(H,15,16,18). The summed E-state index contributed by atoms with van der Waals surface area (Å²) >= 11 is 0. The normalized spacial score (nSPS) is 20.9. The molecule has 0 atom stereocenters. The lowest BCUT2D eigenvalue weighted by atomic mass is 10.0. The lowest BCUT2D eigenvalue weighted by Crippen LogP contribution is -2.18. The number of anilines is 1. The molecule has 4 heteroatoms. The van der Waals surface area contributed by atoms with Crippen LogP contribution in [0.2, 0.25) is 0 Å². The molecular weight excluding hydrogens is 224 g/mol. The first-order chi connectivity index (χ1) is 8.86. The molecule has 0 radical (unpaired) electrons. The molecule has 2 fully saturated rings. The van der Waals surface area contributed by atoms with Gasteiger partial charge in [0.05, 0.1) is 5.52 Å². The van der Waals surface area contributed by atoms with Gasteiger partial charge < -0.3 is 5.32 Å². The molecule has 92 valence electrons. The molecule has 0 spiro atoms. The van der Waals surface area contributed by atoms with Crippen molar-refractivity contribution in [2.24, 2.45) is 11.3 Å². The molecule has 0 saturated heterocycles. The number of nitrogens with one attached hydrogen (secondary N) is 1. The van der Waals surface area contributed by atoms with E-state index >= 15 is 0 Å². The van der Waals surface area contributed by atoms with E-state index in [2.05, 4.69) is 20.5 Å². The van der Waals surface area contributed by atoms with Crippen molar-refractivity contribution in [2.75, 3.05) is 11.9 Å². The molecule has 4 rings (SSSR count). The molecule has 18 heavy (non-hydrogen) atoms. The van der Waals surface area contributed by atoms with Gasteiger partial charge in [-0.2, -0.15) is 0 Å². The molecule has 1 N–H and O–H groups in total. The van der Waals surface area contributed by atoms with Crippen molar-refractivity contribution < 1.29 is 0 Å². The lowest BCUT2D eigenvalue weighted by molar-refractivity contribution is 0.465. The van der Waals surface area contributed by atoms with Crippen molar-refractivity contribution in [3.05, 3.63) is 24.3 Å². The van der Waals surface area contributed by atoms with E-state index < -0.39 is 0 Å². The lowest BCUT2D eigenvalue weighted by Gasteiger charge is -2.14. The highest BCUT2D eigenvalue weighted by atomic mass is 15.2. The molecule has 4 nitrogen and oxygen atoms in total. The van der Waals surface area contributed by atoms with E-state index in [9.17, 15) is 0 Å². The van der Waals surface area contributed by atoms with Gasteiger partial charge in [-0.05, 0) is 49.1 Å². The molecule has 1 aromatic heterocycles. The zero-order chi connectivity index (χ0) is 12.0. The maximum Gasteiger partial charge on any atom is 0.243 e. The van der Waals surface area contributed by atoms with Gasteiger partial charge in [-0.15, -0.1) is 10.2 Å². The Bertz CT molecular complexity index is 587. The Hall–Kier alpha value is -1.71. The van der Waals surface area contributed by atoms with E-state index in [0.29, 0.717) is 11.4 Å². The van der Waals surface area contributed by atoms with Crippen LogP contribution < -0.4 is 5.32 Å². The van der Waals surface area contributed by atoms with Crippen molar-refractivity contribution in [3.8, 4) is 0 Å². The highest BCUT2D eigenvalue weighted by Crippen LogP contribution is 2.61. The third-order valence-corrected chi connectivity index (χ3v) is 4.29. The second kappa shape index (κ2) is 3.64. The maximum absolute atomic E-state index is 4.50. The number of rotatable bonds is 4. The smallest absolute Gasteiger partial charge is 0.243 e. The molecule has 2 aromatic rings. The van der Waals surface area contributed by atoms with Crippen LogP contribution in [0.5, 0.6) is 0 Å². The summed E-state index contributed by atoms with van der Waals surface area (Å²) in [7, 11) is 0. The zero-order valence-corrected chi connectivity index (χ0v) is 10.3. The van der Waals surface area contributed by atoms with Crippen LogP contribution in [0, 0.1) is 11.3 Å². The fraction of sp³-hybridized carbons (Fsp3) is 0.500. The summed E-state index contributed by atoms with van der Waals surface area (Å²) in [5, 5.41) is 11.7. The molecule has 2 saturated carbocycles. The number of hydrogen-bond donors (Lipinski definition) is 1. The van der Waals surface area contributed by atoms with Crippen LogP contribution in [0.25, 0.3) is 11.0 Å². The van der Waals surface area contributed by atoms with Crippen LogP contribution in [0.3, 0.4) is 0 Å². The predicted octanol–water partition coefficient (Wildman–Crippen LogP) is 2.63. The number of hydrogen-bond acceptors (Lipinski definition) is 4. The predicted molar refractivity (Wildman–Crippen MR) is 70.2 cm³/mol. The summed E-state index contributed by atoms with van der Waals surface area (Å²) < 4.78 is 0. The van der Waals surface area contributed by atoms with Crippen molar-refractivity contribution in [3.63, 3.8) is 0 Å². The fourth-order valence-electron chi connectivity index (χ4n) is 2.80. The van der Waals surface area contributed by atoms with Gasteiger partial charge in [-0.25, -0.2) is 4.98 Å². The number of nitrogens with zero attached hydrogens (tertiary/aromatic N) is 3. The van der Waals surface area contributed by atoms with E-state index in [-0.39, 0.29) is 0 Å². The van der Waals surface area contributed by atoms with Gasteiger partial charge in [0, 0.05) is 6.54 Å². The number of benzene rings is 1. The van der Waals surface area contributed by atoms with E-state index in [4.69, 9.17) is 0 Å². The van der Waals surface area contributed by atoms with Crippen molar-refractivity contribution in [1.82, 2.24) is 15.2 Å². The molecule has 2 aliphatic rings. The van der Waals surface area contributed by atoms with Crippen LogP contribution in [0.15, 0.2) is 24.3 Å². The molecule has 1 heterocycles. The molecule has 0 aliphatic heterocycles. The Kier molecular flexibility index (Phi) is 2.07. The van der Waals surface area contributed by atoms with Crippen LogP contribution >= 0.6 is 0 Å². The van der Waals surface area contributed by atoms with Gasteiger partial charge in [0.1, 0.15) is 5.52 Å². The van der Waals surface area contributed by atoms with E-state index in [0.717, 1.165) is 23.5 Å². The first-order valence-corrected chi connectivity index (χ1v) is 6.69. The van der Waals surface area contributed by atoms with Gasteiger partial charge >= 0.3 is 0 Å². The third kappa shape index (κ3) is 1.72. The number of aromatic nitrogens is 3. The highest BCUT2D eigenvalue weighted by molar-refractivity contribution is 5.74. The summed E-state index contributed by atoms with van der Waals surface area (Å²) in [5.74, 6) is 1.62. The zero-order valence-electron chi connectivity index (χ0n) is 10.3. The topological polar surface area (TPSA) is 50.7 Å². The summed E-state index contributed by atoms with van der Waals surface area (Å²) in [4.78, 5) is 4.50. The average Bonchev–Trinajstić information content (AvgIpc) is 3.28. The minimum Gasteiger partial charge on any atom is -0.352 e. The second-order valence-corrected chi connectivity index (χ2v) is 5.61. The van der Waals surface area contributed by atoms with E-state index in [1.165, 1.54) is 25.7 Å². The summed E-state index contributed by atoms with van der Waals surface area (Å²) in [6, 6.07) is 7.85. The Labute approximate surface area is 106 Å². The number of para-hydroxylation sites is 1. The van der Waals surface area contributed by atoms with E-state index in [1.807, 2.05) is 24.3 Å². The third-order valence-electron chi connectivity index (χ3n) is 4.29. The quantitative estimate of drug-likeness (QED) is 0.892. The Balaban J connectivity index is 1.52. The first-order valence-electron chi connectivity index (χ1n) is 6.69. The molecule has 0 unspecified atom stereocenters.